The molecule has 1 saturated heterocycles. The van der Waals surface area contributed by atoms with E-state index in [0.717, 1.165) is 16.6 Å². The average Bonchev–Trinajstić information content (AvgIpc) is 3.11. The van der Waals surface area contributed by atoms with Crippen molar-refractivity contribution in [3.63, 3.8) is 0 Å². The SMILES string of the molecule is Cc1cccc(-c2nc3ccc(NC(=O)N4CCOC(CN)C4)cc3o2)c1. The van der Waals surface area contributed by atoms with Gasteiger partial charge in [-0.05, 0) is 31.2 Å². The Bertz CT molecular complexity index is 969. The van der Waals surface area contributed by atoms with Crippen LogP contribution in [0, 0.1) is 6.92 Å². The van der Waals surface area contributed by atoms with Gasteiger partial charge in [0, 0.05) is 37.0 Å². The Hall–Kier alpha value is -2.90. The molecule has 0 bridgehead atoms. The van der Waals surface area contributed by atoms with E-state index in [-0.39, 0.29) is 12.1 Å². The molecule has 1 unspecified atom stereocenters. The lowest BCUT2D eigenvalue weighted by atomic mass is 10.1. The zero-order valence-electron chi connectivity index (χ0n) is 15.1. The number of ether oxygens (including phenoxy) is 1. The summed E-state index contributed by atoms with van der Waals surface area (Å²) in [5.41, 5.74) is 9.75. The van der Waals surface area contributed by atoms with E-state index >= 15 is 0 Å². The number of aromatic nitrogens is 1. The van der Waals surface area contributed by atoms with Crippen molar-refractivity contribution in [2.45, 2.75) is 13.0 Å². The van der Waals surface area contributed by atoms with Gasteiger partial charge in [-0.25, -0.2) is 9.78 Å². The van der Waals surface area contributed by atoms with Crippen LogP contribution in [0.2, 0.25) is 0 Å². The molecule has 0 aliphatic carbocycles. The monoisotopic (exact) mass is 366 g/mol. The molecule has 7 nitrogen and oxygen atoms in total. The Balaban J connectivity index is 1.52. The molecule has 1 aliphatic rings. The Kier molecular flexibility index (Phi) is 4.79. The van der Waals surface area contributed by atoms with Gasteiger partial charge in [-0.15, -0.1) is 0 Å². The van der Waals surface area contributed by atoms with Gasteiger partial charge in [-0.2, -0.15) is 0 Å². The third-order valence-electron chi connectivity index (χ3n) is 4.59. The van der Waals surface area contributed by atoms with Crippen LogP contribution in [0.1, 0.15) is 5.56 Å². The van der Waals surface area contributed by atoms with E-state index in [1.54, 1.807) is 11.0 Å². The highest BCUT2D eigenvalue weighted by Gasteiger charge is 2.23. The van der Waals surface area contributed by atoms with Crippen LogP contribution in [0.15, 0.2) is 46.9 Å². The fraction of sp³-hybridized carbons (Fsp3) is 0.300. The molecule has 0 spiro atoms. The number of hydrogen-bond donors (Lipinski definition) is 2. The molecule has 0 radical (unpaired) electrons. The summed E-state index contributed by atoms with van der Waals surface area (Å²) in [6.45, 7) is 3.96. The number of morpholine rings is 1. The van der Waals surface area contributed by atoms with Crippen molar-refractivity contribution in [3.05, 3.63) is 48.0 Å². The number of rotatable bonds is 3. The summed E-state index contributed by atoms with van der Waals surface area (Å²) in [4.78, 5) is 18.7. The van der Waals surface area contributed by atoms with Crippen LogP contribution in [-0.4, -0.2) is 48.3 Å². The van der Waals surface area contributed by atoms with Crippen molar-refractivity contribution in [1.82, 2.24) is 9.88 Å². The number of amides is 2. The minimum Gasteiger partial charge on any atom is -0.436 e. The van der Waals surface area contributed by atoms with Crippen LogP contribution in [0.3, 0.4) is 0 Å². The summed E-state index contributed by atoms with van der Waals surface area (Å²) >= 11 is 0. The lowest BCUT2D eigenvalue weighted by Gasteiger charge is -2.32. The lowest BCUT2D eigenvalue weighted by molar-refractivity contribution is -0.00660. The number of aryl methyl sites for hydroxylation is 1. The topological polar surface area (TPSA) is 93.6 Å². The number of nitrogens with zero attached hydrogens (tertiary/aromatic N) is 2. The van der Waals surface area contributed by atoms with E-state index in [1.807, 2.05) is 43.3 Å². The van der Waals surface area contributed by atoms with E-state index in [4.69, 9.17) is 14.9 Å². The molecule has 27 heavy (non-hydrogen) atoms. The number of urea groups is 1. The van der Waals surface area contributed by atoms with Gasteiger partial charge in [0.2, 0.25) is 5.89 Å². The highest BCUT2D eigenvalue weighted by Crippen LogP contribution is 2.27. The molecule has 3 aromatic rings. The van der Waals surface area contributed by atoms with E-state index in [1.165, 1.54) is 0 Å². The number of carbonyl (C=O) groups excluding carboxylic acids is 1. The third-order valence-corrected chi connectivity index (χ3v) is 4.59. The van der Waals surface area contributed by atoms with Gasteiger partial charge in [-0.3, -0.25) is 0 Å². The summed E-state index contributed by atoms with van der Waals surface area (Å²) in [5.74, 6) is 0.566. The van der Waals surface area contributed by atoms with Gasteiger partial charge in [0.15, 0.2) is 5.58 Å². The van der Waals surface area contributed by atoms with Gasteiger partial charge in [0.25, 0.3) is 0 Å². The molecule has 140 valence electrons. The molecule has 0 saturated carbocycles. The maximum absolute atomic E-state index is 12.5. The first-order valence-corrected chi connectivity index (χ1v) is 8.97. The number of fused-ring (bicyclic) bond motifs is 1. The zero-order valence-corrected chi connectivity index (χ0v) is 15.1. The zero-order chi connectivity index (χ0) is 18.8. The second-order valence-corrected chi connectivity index (χ2v) is 6.68. The molecule has 2 aromatic carbocycles. The minimum atomic E-state index is -0.172. The van der Waals surface area contributed by atoms with Gasteiger partial charge < -0.3 is 25.1 Å². The van der Waals surface area contributed by atoms with Gasteiger partial charge in [0.05, 0.1) is 12.7 Å². The minimum absolute atomic E-state index is 0.113. The van der Waals surface area contributed by atoms with Crippen LogP contribution in [0.25, 0.3) is 22.6 Å². The van der Waals surface area contributed by atoms with Crippen LogP contribution in [0.5, 0.6) is 0 Å². The van der Waals surface area contributed by atoms with Gasteiger partial charge in [0.1, 0.15) is 5.52 Å². The van der Waals surface area contributed by atoms with E-state index in [2.05, 4.69) is 10.3 Å². The normalized spacial score (nSPS) is 17.3. The number of carbonyl (C=O) groups is 1. The molecule has 2 amide bonds. The summed E-state index contributed by atoms with van der Waals surface area (Å²) in [6, 6.07) is 13.3. The maximum Gasteiger partial charge on any atom is 0.322 e. The number of anilines is 1. The fourth-order valence-electron chi connectivity index (χ4n) is 3.15. The van der Waals surface area contributed by atoms with Crippen molar-refractivity contribution in [3.8, 4) is 11.5 Å². The highest BCUT2D eigenvalue weighted by molar-refractivity contribution is 5.92. The molecule has 7 heteroatoms. The van der Waals surface area contributed by atoms with Crippen LogP contribution < -0.4 is 11.1 Å². The summed E-state index contributed by atoms with van der Waals surface area (Å²) in [6.07, 6.45) is -0.113. The van der Waals surface area contributed by atoms with Gasteiger partial charge >= 0.3 is 6.03 Å². The molecule has 1 atom stereocenters. The maximum atomic E-state index is 12.5. The van der Waals surface area contributed by atoms with Crippen LogP contribution in [-0.2, 0) is 4.74 Å². The Morgan fingerprint density at radius 3 is 3.04 bits per heavy atom. The number of nitrogens with two attached hydrogens (primary N) is 1. The molecule has 1 fully saturated rings. The Morgan fingerprint density at radius 2 is 2.22 bits per heavy atom. The summed E-state index contributed by atoms with van der Waals surface area (Å²) < 4.78 is 11.4. The van der Waals surface area contributed by atoms with Gasteiger partial charge in [-0.1, -0.05) is 17.7 Å². The molecule has 4 rings (SSSR count). The number of benzene rings is 2. The lowest BCUT2D eigenvalue weighted by Crippen LogP contribution is -2.49. The Labute approximate surface area is 157 Å². The quantitative estimate of drug-likeness (QED) is 0.743. The van der Waals surface area contributed by atoms with Crippen LogP contribution in [0.4, 0.5) is 10.5 Å². The number of nitrogens with one attached hydrogen (secondary N) is 1. The van der Waals surface area contributed by atoms with Crippen molar-refractivity contribution in [1.29, 1.82) is 0 Å². The predicted octanol–water partition coefficient (Wildman–Crippen LogP) is 2.99. The largest absolute Gasteiger partial charge is 0.436 e. The number of oxazole rings is 1. The van der Waals surface area contributed by atoms with Crippen molar-refractivity contribution in [2.24, 2.45) is 5.73 Å². The third kappa shape index (κ3) is 3.79. The summed E-state index contributed by atoms with van der Waals surface area (Å²) in [7, 11) is 0. The second-order valence-electron chi connectivity index (χ2n) is 6.68. The Morgan fingerprint density at radius 1 is 1.33 bits per heavy atom. The smallest absolute Gasteiger partial charge is 0.322 e. The number of hydrogen-bond acceptors (Lipinski definition) is 5. The molecule has 2 heterocycles. The second kappa shape index (κ2) is 7.38. The molecule has 1 aliphatic heterocycles. The first-order valence-electron chi connectivity index (χ1n) is 8.97. The van der Waals surface area contributed by atoms with E-state index in [9.17, 15) is 4.79 Å². The summed E-state index contributed by atoms with van der Waals surface area (Å²) in [5, 5.41) is 2.91. The fourth-order valence-corrected chi connectivity index (χ4v) is 3.15. The van der Waals surface area contributed by atoms with E-state index in [0.29, 0.717) is 43.4 Å². The van der Waals surface area contributed by atoms with E-state index < -0.39 is 0 Å². The standard InChI is InChI=1S/C20H22N4O3/c1-13-3-2-4-14(9-13)19-23-17-6-5-15(10-18(17)27-19)22-20(25)24-7-8-26-16(11-21)12-24/h2-6,9-10,16H,7-8,11-12,21H2,1H3,(H,22,25). The molecular formula is C20H22N4O3. The average molecular weight is 366 g/mol. The van der Waals surface area contributed by atoms with Crippen LogP contribution >= 0.6 is 0 Å². The first kappa shape index (κ1) is 17.5. The van der Waals surface area contributed by atoms with Crippen molar-refractivity contribution in [2.75, 3.05) is 31.6 Å². The first-order chi connectivity index (χ1) is 13.1. The highest BCUT2D eigenvalue weighted by atomic mass is 16.5. The van der Waals surface area contributed by atoms with Crippen molar-refractivity contribution < 1.29 is 13.9 Å². The molecule has 3 N–H and O–H groups in total. The van der Waals surface area contributed by atoms with Crippen molar-refractivity contribution >= 4 is 22.8 Å². The molecule has 1 aromatic heterocycles. The predicted molar refractivity (Wildman–Crippen MR) is 104 cm³/mol. The molecular weight excluding hydrogens is 344 g/mol.